The highest BCUT2D eigenvalue weighted by molar-refractivity contribution is 7.80. The lowest BCUT2D eigenvalue weighted by molar-refractivity contribution is 0.0529. The second-order valence-corrected chi connectivity index (χ2v) is 8.16. The summed E-state index contributed by atoms with van der Waals surface area (Å²) in [5, 5.41) is 11.9. The zero-order chi connectivity index (χ0) is 19.9. The van der Waals surface area contributed by atoms with Crippen molar-refractivity contribution < 1.29 is 9.53 Å². The minimum atomic E-state index is -0.506. The minimum Gasteiger partial charge on any atom is -0.444 e. The molecule has 0 aliphatic carbocycles. The van der Waals surface area contributed by atoms with Crippen molar-refractivity contribution in [3.05, 3.63) is 35.2 Å². The van der Waals surface area contributed by atoms with E-state index in [2.05, 4.69) is 52.1 Å². The van der Waals surface area contributed by atoms with E-state index in [1.54, 1.807) is 0 Å². The van der Waals surface area contributed by atoms with E-state index in [4.69, 9.17) is 17.0 Å². The third-order valence-electron chi connectivity index (χ3n) is 3.46. The maximum atomic E-state index is 11.6. The van der Waals surface area contributed by atoms with Crippen molar-refractivity contribution in [3.8, 4) is 11.3 Å². The molecule has 2 rings (SSSR count). The number of ether oxygens (including phenoxy) is 1. The Morgan fingerprint density at radius 3 is 2.48 bits per heavy atom. The standard InChI is InChI=1S/C19H26N4O2S2/c1-5-13-6-8-14(9-7-13)15-12-27-17(22-15)23-16(26)20-10-11-21-18(24)25-19(2,3)4/h6-9,12H,5,10-11H2,1-4H3,(H,21,24)(H2,20,22,23,26). The van der Waals surface area contributed by atoms with Crippen molar-refractivity contribution >= 4 is 39.9 Å². The first-order valence-corrected chi connectivity index (χ1v) is 10.1. The van der Waals surface area contributed by atoms with Crippen molar-refractivity contribution in [1.29, 1.82) is 0 Å². The normalized spacial score (nSPS) is 11.0. The first-order chi connectivity index (χ1) is 12.8. The number of aryl methyl sites for hydroxylation is 1. The summed E-state index contributed by atoms with van der Waals surface area (Å²) in [6.45, 7) is 8.50. The number of thiocarbonyl (C=S) groups is 1. The van der Waals surface area contributed by atoms with E-state index >= 15 is 0 Å². The molecule has 1 aromatic carbocycles. The molecule has 1 amide bonds. The zero-order valence-corrected chi connectivity index (χ0v) is 17.7. The molecule has 0 atom stereocenters. The Morgan fingerprint density at radius 1 is 1.19 bits per heavy atom. The molecule has 0 saturated heterocycles. The average molecular weight is 407 g/mol. The number of aromatic nitrogens is 1. The van der Waals surface area contributed by atoms with Crippen molar-refractivity contribution in [3.63, 3.8) is 0 Å². The van der Waals surface area contributed by atoms with Crippen LogP contribution in [0.2, 0.25) is 0 Å². The first-order valence-electron chi connectivity index (χ1n) is 8.83. The number of alkyl carbamates (subject to hydrolysis) is 1. The lowest BCUT2D eigenvalue weighted by atomic mass is 10.1. The fourth-order valence-corrected chi connectivity index (χ4v) is 3.16. The summed E-state index contributed by atoms with van der Waals surface area (Å²) in [4.78, 5) is 16.1. The number of benzene rings is 1. The van der Waals surface area contributed by atoms with Gasteiger partial charge in [-0.15, -0.1) is 11.3 Å². The molecule has 1 heterocycles. The predicted octanol–water partition coefficient (Wildman–Crippen LogP) is 4.18. The van der Waals surface area contributed by atoms with Gasteiger partial charge in [0.1, 0.15) is 5.60 Å². The van der Waals surface area contributed by atoms with Crippen LogP contribution in [0.25, 0.3) is 11.3 Å². The van der Waals surface area contributed by atoms with Crippen LogP contribution in [0.3, 0.4) is 0 Å². The van der Waals surface area contributed by atoms with Gasteiger partial charge in [0.15, 0.2) is 10.2 Å². The molecule has 146 valence electrons. The quantitative estimate of drug-likeness (QED) is 0.493. The monoisotopic (exact) mass is 406 g/mol. The van der Waals surface area contributed by atoms with E-state index in [0.717, 1.165) is 22.8 Å². The first kappa shape index (κ1) is 21.1. The number of nitrogens with one attached hydrogen (secondary N) is 3. The molecular weight excluding hydrogens is 380 g/mol. The summed E-state index contributed by atoms with van der Waals surface area (Å²) in [7, 11) is 0. The van der Waals surface area contributed by atoms with E-state index in [1.165, 1.54) is 16.9 Å². The number of hydrogen-bond donors (Lipinski definition) is 3. The van der Waals surface area contributed by atoms with Crippen LogP contribution in [0.1, 0.15) is 33.3 Å². The van der Waals surface area contributed by atoms with E-state index < -0.39 is 11.7 Å². The lowest BCUT2D eigenvalue weighted by Crippen LogP contribution is -2.39. The van der Waals surface area contributed by atoms with Gasteiger partial charge in [0.2, 0.25) is 0 Å². The molecule has 8 heteroatoms. The number of carbonyl (C=O) groups excluding carboxylic acids is 1. The SMILES string of the molecule is CCc1ccc(-c2csc(NC(=S)NCCNC(=O)OC(C)(C)C)n2)cc1. The van der Waals surface area contributed by atoms with Gasteiger partial charge < -0.3 is 20.7 Å². The van der Waals surface area contributed by atoms with Gasteiger partial charge in [-0.25, -0.2) is 9.78 Å². The molecule has 27 heavy (non-hydrogen) atoms. The molecule has 0 saturated carbocycles. The number of anilines is 1. The lowest BCUT2D eigenvalue weighted by Gasteiger charge is -2.19. The molecule has 0 unspecified atom stereocenters. The smallest absolute Gasteiger partial charge is 0.407 e. The van der Waals surface area contributed by atoms with E-state index in [9.17, 15) is 4.79 Å². The van der Waals surface area contributed by atoms with Crippen LogP contribution in [-0.2, 0) is 11.2 Å². The maximum absolute atomic E-state index is 11.6. The fraction of sp³-hybridized carbons (Fsp3) is 0.421. The van der Waals surface area contributed by atoms with E-state index in [1.807, 2.05) is 26.2 Å². The minimum absolute atomic E-state index is 0.406. The molecule has 0 aliphatic heterocycles. The van der Waals surface area contributed by atoms with Crippen LogP contribution >= 0.6 is 23.6 Å². The van der Waals surface area contributed by atoms with Crippen LogP contribution in [0, 0.1) is 0 Å². The Bertz CT molecular complexity index is 767. The van der Waals surface area contributed by atoms with Crippen LogP contribution in [0.15, 0.2) is 29.6 Å². The van der Waals surface area contributed by atoms with Crippen LogP contribution < -0.4 is 16.0 Å². The molecule has 0 aliphatic rings. The molecule has 2 aromatic rings. The molecule has 3 N–H and O–H groups in total. The molecule has 0 spiro atoms. The Kier molecular flexibility index (Phi) is 7.55. The summed E-state index contributed by atoms with van der Waals surface area (Å²) in [5.41, 5.74) is 2.79. The molecule has 0 radical (unpaired) electrons. The van der Waals surface area contributed by atoms with Gasteiger partial charge in [-0.05, 0) is 45.0 Å². The molecule has 0 fully saturated rings. The summed E-state index contributed by atoms with van der Waals surface area (Å²) in [5.74, 6) is 0. The fourth-order valence-electron chi connectivity index (χ4n) is 2.17. The van der Waals surface area contributed by atoms with Crippen LogP contribution in [0.4, 0.5) is 9.93 Å². The maximum Gasteiger partial charge on any atom is 0.407 e. The Morgan fingerprint density at radius 2 is 1.85 bits per heavy atom. The van der Waals surface area contributed by atoms with Crippen LogP contribution in [0.5, 0.6) is 0 Å². The molecular formula is C19H26N4O2S2. The average Bonchev–Trinajstić information content (AvgIpc) is 3.05. The molecule has 0 bridgehead atoms. The van der Waals surface area contributed by atoms with Crippen molar-refractivity contribution in [1.82, 2.24) is 15.6 Å². The van der Waals surface area contributed by atoms with Gasteiger partial charge in [-0.2, -0.15) is 0 Å². The second-order valence-electron chi connectivity index (χ2n) is 6.90. The number of carbonyl (C=O) groups is 1. The number of nitrogens with zero attached hydrogens (tertiary/aromatic N) is 1. The van der Waals surface area contributed by atoms with Crippen molar-refractivity contribution in [2.24, 2.45) is 0 Å². The van der Waals surface area contributed by atoms with Gasteiger partial charge in [0.05, 0.1) is 5.69 Å². The highest BCUT2D eigenvalue weighted by Crippen LogP contribution is 2.25. The molecule has 1 aromatic heterocycles. The third-order valence-corrected chi connectivity index (χ3v) is 4.47. The van der Waals surface area contributed by atoms with Gasteiger partial charge in [0.25, 0.3) is 0 Å². The molecule has 6 nitrogen and oxygen atoms in total. The highest BCUT2D eigenvalue weighted by Gasteiger charge is 2.15. The Hall–Kier alpha value is -2.19. The topological polar surface area (TPSA) is 75.3 Å². The Balaban J connectivity index is 1.74. The van der Waals surface area contributed by atoms with Gasteiger partial charge in [-0.3, -0.25) is 0 Å². The van der Waals surface area contributed by atoms with Crippen molar-refractivity contribution in [2.75, 3.05) is 18.4 Å². The third kappa shape index (κ3) is 7.52. The van der Waals surface area contributed by atoms with Gasteiger partial charge >= 0.3 is 6.09 Å². The van der Waals surface area contributed by atoms with Gasteiger partial charge in [-0.1, -0.05) is 31.2 Å². The number of amides is 1. The van der Waals surface area contributed by atoms with Gasteiger partial charge in [0, 0.05) is 24.0 Å². The zero-order valence-electron chi connectivity index (χ0n) is 16.1. The Labute approximate surface area is 169 Å². The summed E-state index contributed by atoms with van der Waals surface area (Å²) in [6, 6.07) is 8.39. The number of rotatable bonds is 6. The summed E-state index contributed by atoms with van der Waals surface area (Å²) in [6.07, 6.45) is 0.578. The summed E-state index contributed by atoms with van der Waals surface area (Å²) >= 11 is 6.76. The predicted molar refractivity (Wildman–Crippen MR) is 115 cm³/mol. The second kappa shape index (κ2) is 9.66. The highest BCUT2D eigenvalue weighted by atomic mass is 32.1. The summed E-state index contributed by atoms with van der Waals surface area (Å²) < 4.78 is 5.17. The number of hydrogen-bond acceptors (Lipinski definition) is 5. The van der Waals surface area contributed by atoms with Crippen LogP contribution in [-0.4, -0.2) is 34.9 Å². The van der Waals surface area contributed by atoms with E-state index in [-0.39, 0.29) is 0 Å². The number of thiazole rings is 1. The largest absolute Gasteiger partial charge is 0.444 e. The van der Waals surface area contributed by atoms with Crippen molar-refractivity contribution in [2.45, 2.75) is 39.7 Å². The van der Waals surface area contributed by atoms with E-state index in [0.29, 0.717) is 18.2 Å².